The number of aryl methyl sites for hydroxylation is 2. The van der Waals surface area contributed by atoms with E-state index in [2.05, 4.69) is 5.32 Å². The molecule has 2 rings (SSSR count). The van der Waals surface area contributed by atoms with Crippen molar-refractivity contribution >= 4 is 31.5 Å². The van der Waals surface area contributed by atoms with Crippen molar-refractivity contribution in [3.05, 3.63) is 59.2 Å². The summed E-state index contributed by atoms with van der Waals surface area (Å²) in [5, 5.41) is 2.87. The summed E-state index contributed by atoms with van der Waals surface area (Å²) in [6.45, 7) is 5.83. The van der Waals surface area contributed by atoms with Gasteiger partial charge in [0.1, 0.15) is 0 Å². The van der Waals surface area contributed by atoms with Gasteiger partial charge in [0.05, 0.1) is 22.9 Å². The smallest absolute Gasteiger partial charge is 0.232 e. The Morgan fingerprint density at radius 3 is 2.00 bits per heavy atom. The van der Waals surface area contributed by atoms with Gasteiger partial charge in [0, 0.05) is 19.2 Å². The second-order valence-corrected chi connectivity index (χ2v) is 11.8. The highest BCUT2D eigenvalue weighted by Gasteiger charge is 2.19. The number of anilines is 1. The van der Waals surface area contributed by atoms with Crippen LogP contribution in [0.15, 0.2) is 47.4 Å². The number of rotatable bonds is 9. The Morgan fingerprint density at radius 2 is 1.52 bits per heavy atom. The Kier molecular flexibility index (Phi) is 7.88. The maximum absolute atomic E-state index is 12.4. The lowest BCUT2D eigenvalue weighted by Gasteiger charge is -2.23. The monoisotopic (exact) mass is 466 g/mol. The summed E-state index contributed by atoms with van der Waals surface area (Å²) >= 11 is 0. The lowest BCUT2D eigenvalue weighted by atomic mass is 10.1. The van der Waals surface area contributed by atoms with E-state index >= 15 is 0 Å². The SMILES string of the molecule is Cc1cc(C)cc(N(CCCC(=O)N[C@@H](C)c2ccc(S(C)(=O)=O)cc2)S(C)(=O)=O)c1. The number of hydrogen-bond donors (Lipinski definition) is 1. The van der Waals surface area contributed by atoms with Crippen LogP contribution in [-0.4, -0.2) is 41.8 Å². The Bertz CT molecular complexity index is 1120. The normalized spacial score (nSPS) is 12.9. The van der Waals surface area contributed by atoms with Gasteiger partial charge in [-0.3, -0.25) is 9.10 Å². The van der Waals surface area contributed by atoms with Gasteiger partial charge in [-0.25, -0.2) is 16.8 Å². The number of carbonyl (C=O) groups is 1. The standard InChI is InChI=1S/C22H30N2O5S2/c1-16-13-17(2)15-20(14-16)24(31(5,28)29)12-6-7-22(25)23-18(3)19-8-10-21(11-9-19)30(4,26)27/h8-11,13-15,18H,6-7,12H2,1-5H3,(H,23,25)/t18-/m0/s1. The molecule has 0 spiro atoms. The summed E-state index contributed by atoms with van der Waals surface area (Å²) in [5.74, 6) is -0.200. The molecule has 0 fully saturated rings. The summed E-state index contributed by atoms with van der Waals surface area (Å²) in [6, 6.07) is 11.7. The third kappa shape index (κ3) is 7.36. The van der Waals surface area contributed by atoms with E-state index in [9.17, 15) is 21.6 Å². The zero-order valence-electron chi connectivity index (χ0n) is 18.5. The highest BCUT2D eigenvalue weighted by Crippen LogP contribution is 2.22. The lowest BCUT2D eigenvalue weighted by molar-refractivity contribution is -0.121. The van der Waals surface area contributed by atoms with Gasteiger partial charge in [0.25, 0.3) is 0 Å². The van der Waals surface area contributed by atoms with Gasteiger partial charge in [-0.15, -0.1) is 0 Å². The molecule has 170 valence electrons. The number of nitrogens with one attached hydrogen (secondary N) is 1. The predicted molar refractivity (Wildman–Crippen MR) is 123 cm³/mol. The fraction of sp³-hybridized carbons (Fsp3) is 0.409. The fourth-order valence-electron chi connectivity index (χ4n) is 3.36. The number of hydrogen-bond acceptors (Lipinski definition) is 5. The first-order chi connectivity index (χ1) is 14.3. The number of benzene rings is 2. The van der Waals surface area contributed by atoms with Gasteiger partial charge in [0.2, 0.25) is 15.9 Å². The van der Waals surface area contributed by atoms with Crippen LogP contribution in [0.25, 0.3) is 0 Å². The third-order valence-corrected chi connectivity index (χ3v) is 7.17. The summed E-state index contributed by atoms with van der Waals surface area (Å²) in [6.07, 6.45) is 2.84. The van der Waals surface area contributed by atoms with Crippen LogP contribution in [0, 0.1) is 13.8 Å². The Morgan fingerprint density at radius 1 is 0.968 bits per heavy atom. The average molecular weight is 467 g/mol. The molecule has 2 aromatic rings. The van der Waals surface area contributed by atoms with Crippen LogP contribution in [0.2, 0.25) is 0 Å². The minimum absolute atomic E-state index is 0.169. The van der Waals surface area contributed by atoms with Gasteiger partial charge < -0.3 is 5.32 Å². The molecule has 7 nitrogen and oxygen atoms in total. The number of sulfonamides is 1. The topological polar surface area (TPSA) is 101 Å². The summed E-state index contributed by atoms with van der Waals surface area (Å²) in [5.41, 5.74) is 3.32. The van der Waals surface area contributed by atoms with Gasteiger partial charge >= 0.3 is 0 Å². The first-order valence-electron chi connectivity index (χ1n) is 9.93. The van der Waals surface area contributed by atoms with Crippen LogP contribution in [0.1, 0.15) is 42.5 Å². The number of nitrogens with zero attached hydrogens (tertiary/aromatic N) is 1. The minimum atomic E-state index is -3.48. The molecule has 0 aliphatic rings. The van der Waals surface area contributed by atoms with Crippen molar-refractivity contribution in [1.29, 1.82) is 0 Å². The summed E-state index contributed by atoms with van der Waals surface area (Å²) < 4.78 is 49.0. The molecule has 1 atom stereocenters. The highest BCUT2D eigenvalue weighted by molar-refractivity contribution is 7.92. The van der Waals surface area contributed by atoms with E-state index in [-0.39, 0.29) is 29.8 Å². The quantitative estimate of drug-likeness (QED) is 0.612. The molecule has 0 unspecified atom stereocenters. The Balaban J connectivity index is 1.97. The molecule has 1 N–H and O–H groups in total. The maximum atomic E-state index is 12.4. The molecule has 2 aromatic carbocycles. The van der Waals surface area contributed by atoms with Gasteiger partial charge in [-0.05, 0) is 68.1 Å². The molecule has 31 heavy (non-hydrogen) atoms. The van der Waals surface area contributed by atoms with Crippen LogP contribution in [0.4, 0.5) is 5.69 Å². The van der Waals surface area contributed by atoms with E-state index in [1.165, 1.54) is 16.4 Å². The molecular formula is C22H30N2O5S2. The summed E-state index contributed by atoms with van der Waals surface area (Å²) in [4.78, 5) is 12.6. The largest absolute Gasteiger partial charge is 0.350 e. The van der Waals surface area contributed by atoms with E-state index in [4.69, 9.17) is 0 Å². The molecular weight excluding hydrogens is 436 g/mol. The molecule has 0 bridgehead atoms. The average Bonchev–Trinajstić information content (AvgIpc) is 2.62. The van der Waals surface area contributed by atoms with Crippen LogP contribution >= 0.6 is 0 Å². The zero-order valence-corrected chi connectivity index (χ0v) is 20.2. The number of sulfone groups is 1. The van der Waals surface area contributed by atoms with Crippen molar-refractivity contribution in [3.63, 3.8) is 0 Å². The molecule has 9 heteroatoms. The van der Waals surface area contributed by atoms with E-state index in [1.54, 1.807) is 12.1 Å². The second-order valence-electron chi connectivity index (χ2n) is 7.91. The maximum Gasteiger partial charge on any atom is 0.232 e. The van der Waals surface area contributed by atoms with Crippen LogP contribution < -0.4 is 9.62 Å². The third-order valence-electron chi connectivity index (χ3n) is 4.85. The van der Waals surface area contributed by atoms with E-state index in [0.717, 1.165) is 29.2 Å². The van der Waals surface area contributed by atoms with E-state index in [0.29, 0.717) is 12.1 Å². The minimum Gasteiger partial charge on any atom is -0.350 e. The van der Waals surface area contributed by atoms with Gasteiger partial charge in [0.15, 0.2) is 9.84 Å². The van der Waals surface area contributed by atoms with Gasteiger partial charge in [-0.1, -0.05) is 18.2 Å². The fourth-order valence-corrected chi connectivity index (χ4v) is 4.94. The van der Waals surface area contributed by atoms with Crippen molar-refractivity contribution in [2.45, 2.75) is 44.6 Å². The second kappa shape index (κ2) is 9.82. The lowest BCUT2D eigenvalue weighted by Crippen LogP contribution is -2.32. The number of carbonyl (C=O) groups excluding carboxylic acids is 1. The van der Waals surface area contributed by atoms with Crippen molar-refractivity contribution in [3.8, 4) is 0 Å². The van der Waals surface area contributed by atoms with Crippen LogP contribution in [0.3, 0.4) is 0 Å². The molecule has 0 aliphatic heterocycles. The van der Waals surface area contributed by atoms with Crippen molar-refractivity contribution in [1.82, 2.24) is 5.32 Å². The van der Waals surface area contributed by atoms with Crippen molar-refractivity contribution in [2.24, 2.45) is 0 Å². The molecule has 0 saturated carbocycles. The molecule has 0 aliphatic carbocycles. The van der Waals surface area contributed by atoms with E-state index < -0.39 is 19.9 Å². The Hall–Kier alpha value is -2.39. The molecule has 0 radical (unpaired) electrons. The number of amides is 1. The van der Waals surface area contributed by atoms with Crippen LogP contribution in [-0.2, 0) is 24.7 Å². The van der Waals surface area contributed by atoms with Crippen molar-refractivity contribution in [2.75, 3.05) is 23.4 Å². The first-order valence-corrected chi connectivity index (χ1v) is 13.7. The predicted octanol–water partition coefficient (Wildman–Crippen LogP) is 3.13. The molecule has 0 aromatic heterocycles. The molecule has 1 amide bonds. The van der Waals surface area contributed by atoms with Crippen molar-refractivity contribution < 1.29 is 21.6 Å². The van der Waals surface area contributed by atoms with E-state index in [1.807, 2.05) is 39.0 Å². The molecule has 0 saturated heterocycles. The highest BCUT2D eigenvalue weighted by atomic mass is 32.2. The zero-order chi connectivity index (χ0) is 23.4. The summed E-state index contributed by atoms with van der Waals surface area (Å²) in [7, 11) is -6.75. The van der Waals surface area contributed by atoms with Crippen LogP contribution in [0.5, 0.6) is 0 Å². The Labute approximate surface area is 185 Å². The molecule has 0 heterocycles. The van der Waals surface area contributed by atoms with Gasteiger partial charge in [-0.2, -0.15) is 0 Å². The first kappa shape index (κ1) is 24.9.